The summed E-state index contributed by atoms with van der Waals surface area (Å²) >= 11 is 0. The van der Waals surface area contributed by atoms with Crippen molar-refractivity contribution in [3.63, 3.8) is 0 Å². The van der Waals surface area contributed by atoms with Crippen molar-refractivity contribution in [1.82, 2.24) is 0 Å². The molecule has 94 valence electrons. The lowest BCUT2D eigenvalue weighted by Crippen LogP contribution is -2.33. The van der Waals surface area contributed by atoms with Crippen molar-refractivity contribution >= 4 is 8.32 Å². The van der Waals surface area contributed by atoms with Crippen LogP contribution in [0.5, 0.6) is 0 Å². The SMILES string of the molecule is CCC1(C)C=C(O[Si](C)(C)C)CC(C)(C)C1. The van der Waals surface area contributed by atoms with Crippen LogP contribution < -0.4 is 0 Å². The van der Waals surface area contributed by atoms with E-state index in [-0.39, 0.29) is 0 Å². The molecular weight excluding hydrogens is 212 g/mol. The Bertz CT molecular complexity index is 286. The molecule has 0 aliphatic heterocycles. The number of hydrogen-bond donors (Lipinski definition) is 0. The molecule has 0 heterocycles. The lowest BCUT2D eigenvalue weighted by molar-refractivity contribution is 0.162. The van der Waals surface area contributed by atoms with Gasteiger partial charge in [0.2, 0.25) is 8.32 Å². The first-order valence-electron chi connectivity index (χ1n) is 6.46. The Hall–Kier alpha value is -0.243. The summed E-state index contributed by atoms with van der Waals surface area (Å²) in [7, 11) is -1.45. The molecule has 1 aliphatic carbocycles. The first-order chi connectivity index (χ1) is 7.05. The fraction of sp³-hybridized carbons (Fsp3) is 0.857. The van der Waals surface area contributed by atoms with Crippen LogP contribution in [0.2, 0.25) is 19.6 Å². The van der Waals surface area contributed by atoms with Crippen molar-refractivity contribution in [2.24, 2.45) is 10.8 Å². The van der Waals surface area contributed by atoms with Crippen LogP contribution in [-0.2, 0) is 4.43 Å². The van der Waals surface area contributed by atoms with Gasteiger partial charge in [-0.15, -0.1) is 0 Å². The van der Waals surface area contributed by atoms with Gasteiger partial charge in [-0.3, -0.25) is 0 Å². The van der Waals surface area contributed by atoms with E-state index in [0.29, 0.717) is 10.8 Å². The quantitative estimate of drug-likeness (QED) is 0.634. The highest BCUT2D eigenvalue weighted by Crippen LogP contribution is 2.47. The molecule has 1 atom stereocenters. The Balaban J connectivity index is 2.91. The molecule has 0 aromatic carbocycles. The van der Waals surface area contributed by atoms with Gasteiger partial charge in [-0.05, 0) is 49.4 Å². The lowest BCUT2D eigenvalue weighted by Gasteiger charge is -2.42. The molecule has 1 rings (SSSR count). The second-order valence-corrected chi connectivity index (χ2v) is 11.8. The first kappa shape index (κ1) is 13.8. The largest absolute Gasteiger partial charge is 0.548 e. The van der Waals surface area contributed by atoms with Crippen molar-refractivity contribution in [2.45, 2.75) is 66.6 Å². The zero-order valence-electron chi connectivity index (χ0n) is 12.1. The summed E-state index contributed by atoms with van der Waals surface area (Å²) in [6.45, 7) is 16.2. The Morgan fingerprint density at radius 3 is 2.25 bits per heavy atom. The van der Waals surface area contributed by atoms with Crippen LogP contribution in [0.4, 0.5) is 0 Å². The summed E-state index contributed by atoms with van der Waals surface area (Å²) in [6, 6.07) is 0. The van der Waals surface area contributed by atoms with E-state index >= 15 is 0 Å². The molecule has 0 aromatic heterocycles. The maximum atomic E-state index is 6.21. The second-order valence-electron chi connectivity index (χ2n) is 7.35. The van der Waals surface area contributed by atoms with Crippen LogP contribution in [0.15, 0.2) is 11.8 Å². The van der Waals surface area contributed by atoms with Crippen molar-refractivity contribution in [2.75, 3.05) is 0 Å². The van der Waals surface area contributed by atoms with E-state index in [1.807, 2.05) is 0 Å². The number of rotatable bonds is 3. The van der Waals surface area contributed by atoms with Crippen LogP contribution in [0.25, 0.3) is 0 Å². The van der Waals surface area contributed by atoms with Gasteiger partial charge in [0.1, 0.15) is 0 Å². The number of hydrogen-bond acceptors (Lipinski definition) is 1. The zero-order chi connectivity index (χ0) is 12.6. The number of allylic oxidation sites excluding steroid dienone is 2. The van der Waals surface area contributed by atoms with E-state index in [1.165, 1.54) is 18.6 Å². The predicted molar refractivity (Wildman–Crippen MR) is 73.9 cm³/mol. The van der Waals surface area contributed by atoms with Crippen molar-refractivity contribution in [3.8, 4) is 0 Å². The van der Waals surface area contributed by atoms with Gasteiger partial charge in [0, 0.05) is 6.42 Å². The van der Waals surface area contributed by atoms with E-state index in [2.05, 4.69) is 53.4 Å². The van der Waals surface area contributed by atoms with Crippen LogP contribution >= 0.6 is 0 Å². The Morgan fingerprint density at radius 2 is 1.81 bits per heavy atom. The fourth-order valence-electron chi connectivity index (χ4n) is 2.80. The third kappa shape index (κ3) is 3.97. The predicted octanol–water partition coefficient (Wildman–Crippen LogP) is 4.96. The van der Waals surface area contributed by atoms with E-state index in [4.69, 9.17) is 4.43 Å². The maximum absolute atomic E-state index is 6.21. The molecule has 16 heavy (non-hydrogen) atoms. The van der Waals surface area contributed by atoms with Crippen molar-refractivity contribution < 1.29 is 4.43 Å². The van der Waals surface area contributed by atoms with Gasteiger partial charge in [0.25, 0.3) is 0 Å². The minimum atomic E-state index is -1.45. The van der Waals surface area contributed by atoms with Gasteiger partial charge in [0.15, 0.2) is 0 Å². The summed E-state index contributed by atoms with van der Waals surface area (Å²) in [5.41, 5.74) is 0.714. The van der Waals surface area contributed by atoms with Gasteiger partial charge in [-0.25, -0.2) is 0 Å². The van der Waals surface area contributed by atoms with Gasteiger partial charge in [-0.2, -0.15) is 0 Å². The third-order valence-corrected chi connectivity index (χ3v) is 4.16. The smallest absolute Gasteiger partial charge is 0.241 e. The Morgan fingerprint density at radius 1 is 1.25 bits per heavy atom. The van der Waals surface area contributed by atoms with Crippen LogP contribution in [0, 0.1) is 10.8 Å². The zero-order valence-corrected chi connectivity index (χ0v) is 13.1. The average molecular weight is 240 g/mol. The van der Waals surface area contributed by atoms with E-state index in [9.17, 15) is 0 Å². The molecule has 0 saturated heterocycles. The normalized spacial score (nSPS) is 29.8. The van der Waals surface area contributed by atoms with Crippen LogP contribution in [-0.4, -0.2) is 8.32 Å². The lowest BCUT2D eigenvalue weighted by atomic mass is 9.66. The fourth-order valence-corrected chi connectivity index (χ4v) is 3.72. The van der Waals surface area contributed by atoms with E-state index < -0.39 is 8.32 Å². The molecule has 0 N–H and O–H groups in total. The monoisotopic (exact) mass is 240 g/mol. The van der Waals surface area contributed by atoms with Crippen LogP contribution in [0.3, 0.4) is 0 Å². The molecule has 2 heteroatoms. The molecule has 0 fully saturated rings. The second kappa shape index (κ2) is 4.21. The molecule has 0 amide bonds. The molecule has 0 radical (unpaired) electrons. The first-order valence-corrected chi connectivity index (χ1v) is 9.87. The molecule has 0 spiro atoms. The molecule has 0 bridgehead atoms. The summed E-state index contributed by atoms with van der Waals surface area (Å²) in [5, 5.41) is 0. The topological polar surface area (TPSA) is 9.23 Å². The molecule has 0 saturated carbocycles. The highest BCUT2D eigenvalue weighted by atomic mass is 28.4. The van der Waals surface area contributed by atoms with E-state index in [0.717, 1.165) is 6.42 Å². The van der Waals surface area contributed by atoms with Gasteiger partial charge >= 0.3 is 0 Å². The molecule has 1 unspecified atom stereocenters. The summed E-state index contributed by atoms with van der Waals surface area (Å²) < 4.78 is 6.21. The molecule has 1 aliphatic rings. The van der Waals surface area contributed by atoms with Crippen LogP contribution in [0.1, 0.15) is 47.0 Å². The highest BCUT2D eigenvalue weighted by molar-refractivity contribution is 6.70. The highest BCUT2D eigenvalue weighted by Gasteiger charge is 2.36. The summed E-state index contributed by atoms with van der Waals surface area (Å²) in [4.78, 5) is 0. The Labute approximate surface area is 102 Å². The van der Waals surface area contributed by atoms with Gasteiger partial charge in [-0.1, -0.05) is 27.7 Å². The van der Waals surface area contributed by atoms with Crippen molar-refractivity contribution in [1.29, 1.82) is 0 Å². The molecular formula is C14H28OSi. The third-order valence-electron chi connectivity index (χ3n) is 3.29. The van der Waals surface area contributed by atoms with Crippen molar-refractivity contribution in [3.05, 3.63) is 11.8 Å². The summed E-state index contributed by atoms with van der Waals surface area (Å²) in [6.07, 6.45) is 5.98. The minimum Gasteiger partial charge on any atom is -0.548 e. The maximum Gasteiger partial charge on any atom is 0.241 e. The molecule has 1 nitrogen and oxygen atoms in total. The van der Waals surface area contributed by atoms with E-state index in [1.54, 1.807) is 0 Å². The molecule has 0 aromatic rings. The Kier molecular flexibility index (Phi) is 3.64. The summed E-state index contributed by atoms with van der Waals surface area (Å²) in [5.74, 6) is 1.25. The average Bonchev–Trinajstić information content (AvgIpc) is 1.96. The standard InChI is InChI=1S/C14H28OSi/c1-8-14(4)10-12(15-16(5,6)7)9-13(2,3)11-14/h10H,8-9,11H2,1-7H3. The van der Waals surface area contributed by atoms with Gasteiger partial charge < -0.3 is 4.43 Å². The van der Waals surface area contributed by atoms with Gasteiger partial charge in [0.05, 0.1) is 5.76 Å². The minimum absolute atomic E-state index is 0.330.